The Hall–Kier alpha value is -2.38. The van der Waals surface area contributed by atoms with Gasteiger partial charge in [-0.15, -0.1) is 0 Å². The molecule has 8 heteroatoms. The Bertz CT molecular complexity index is 662. The highest BCUT2D eigenvalue weighted by Gasteiger charge is 2.27. The number of nitrogens with one attached hydrogen (secondary N) is 1. The van der Waals surface area contributed by atoms with Gasteiger partial charge in [0.15, 0.2) is 5.56 Å². The van der Waals surface area contributed by atoms with Crippen molar-refractivity contribution >= 4 is 11.9 Å². The zero-order valence-corrected chi connectivity index (χ0v) is 13.0. The first-order valence-electron chi connectivity index (χ1n) is 7.80. The van der Waals surface area contributed by atoms with Crippen molar-refractivity contribution in [2.24, 2.45) is 0 Å². The second kappa shape index (κ2) is 7.26. The summed E-state index contributed by atoms with van der Waals surface area (Å²) >= 11 is 0. The molecule has 1 saturated carbocycles. The lowest BCUT2D eigenvalue weighted by Crippen LogP contribution is -2.35. The van der Waals surface area contributed by atoms with Crippen LogP contribution in [-0.2, 0) is 11.2 Å². The van der Waals surface area contributed by atoms with Crippen LogP contribution in [0, 0.1) is 0 Å². The molecule has 1 aromatic rings. The van der Waals surface area contributed by atoms with E-state index in [4.69, 9.17) is 5.11 Å². The predicted octanol–water partition coefficient (Wildman–Crippen LogP) is 0.831. The van der Waals surface area contributed by atoms with Crippen molar-refractivity contribution in [2.75, 3.05) is 6.54 Å². The van der Waals surface area contributed by atoms with Gasteiger partial charge in [0.2, 0.25) is 5.88 Å². The molecule has 1 aliphatic rings. The molecule has 126 valence electrons. The summed E-state index contributed by atoms with van der Waals surface area (Å²) in [6.07, 6.45) is 5.30. The summed E-state index contributed by atoms with van der Waals surface area (Å²) in [5.74, 6) is -2.14. The molecule has 1 heterocycles. The number of nitrogens with zero attached hydrogens (tertiary/aromatic N) is 2. The zero-order valence-electron chi connectivity index (χ0n) is 13.0. The van der Waals surface area contributed by atoms with Crippen LogP contribution in [0.15, 0.2) is 4.79 Å². The van der Waals surface area contributed by atoms with E-state index in [9.17, 15) is 19.5 Å². The number of rotatable bonds is 5. The van der Waals surface area contributed by atoms with E-state index in [1.807, 2.05) is 6.92 Å². The molecule has 2 rings (SSSR count). The van der Waals surface area contributed by atoms with Gasteiger partial charge in [-0.3, -0.25) is 19.0 Å². The van der Waals surface area contributed by atoms with Gasteiger partial charge in [0, 0.05) is 12.5 Å². The van der Waals surface area contributed by atoms with Gasteiger partial charge in [-0.2, -0.15) is 4.98 Å². The number of aromatic nitrogens is 2. The van der Waals surface area contributed by atoms with Gasteiger partial charge in [-0.05, 0) is 12.8 Å². The number of aliphatic carboxylic acids is 1. The number of carboxylic acid groups (broad SMARTS) is 1. The van der Waals surface area contributed by atoms with Gasteiger partial charge in [-0.1, -0.05) is 26.2 Å². The summed E-state index contributed by atoms with van der Waals surface area (Å²) in [6.45, 7) is 1.20. The van der Waals surface area contributed by atoms with Crippen molar-refractivity contribution in [1.29, 1.82) is 0 Å². The third-order valence-corrected chi connectivity index (χ3v) is 4.06. The minimum Gasteiger partial charge on any atom is -0.494 e. The fourth-order valence-electron chi connectivity index (χ4n) is 2.98. The zero-order chi connectivity index (χ0) is 17.0. The molecule has 1 aliphatic carbocycles. The number of amides is 1. The molecule has 1 amide bonds. The summed E-state index contributed by atoms with van der Waals surface area (Å²) in [4.78, 5) is 38.5. The summed E-state index contributed by atoms with van der Waals surface area (Å²) in [7, 11) is 0. The lowest BCUT2D eigenvalue weighted by molar-refractivity contribution is -0.135. The van der Waals surface area contributed by atoms with E-state index in [1.54, 1.807) is 4.57 Å². The first-order chi connectivity index (χ1) is 11.0. The van der Waals surface area contributed by atoms with Crippen LogP contribution in [0.5, 0.6) is 5.88 Å². The van der Waals surface area contributed by atoms with Crippen LogP contribution in [0.2, 0.25) is 0 Å². The van der Waals surface area contributed by atoms with Gasteiger partial charge in [-0.25, -0.2) is 0 Å². The van der Waals surface area contributed by atoms with Crippen LogP contribution in [-0.4, -0.2) is 38.2 Å². The van der Waals surface area contributed by atoms with E-state index in [0.717, 1.165) is 32.1 Å². The maximum Gasteiger partial charge on any atom is 0.322 e. The van der Waals surface area contributed by atoms with Gasteiger partial charge in [0.05, 0.1) is 0 Å². The Kier molecular flexibility index (Phi) is 5.36. The summed E-state index contributed by atoms with van der Waals surface area (Å²) in [5, 5.41) is 21.2. The Morgan fingerprint density at radius 2 is 1.96 bits per heavy atom. The van der Waals surface area contributed by atoms with Crippen LogP contribution >= 0.6 is 0 Å². The van der Waals surface area contributed by atoms with Crippen LogP contribution in [0.1, 0.15) is 61.3 Å². The minimum absolute atomic E-state index is 0.00202. The second-order valence-electron chi connectivity index (χ2n) is 5.62. The third kappa shape index (κ3) is 3.69. The lowest BCUT2D eigenvalue weighted by atomic mass is 9.95. The van der Waals surface area contributed by atoms with E-state index >= 15 is 0 Å². The number of carbonyl (C=O) groups excluding carboxylic acids is 1. The van der Waals surface area contributed by atoms with Crippen molar-refractivity contribution in [2.45, 2.75) is 51.5 Å². The molecule has 0 aliphatic heterocycles. The summed E-state index contributed by atoms with van der Waals surface area (Å²) in [6, 6.07) is -0.00202. The Balaban J connectivity index is 2.45. The first kappa shape index (κ1) is 17.0. The number of hydrogen-bond acceptors (Lipinski definition) is 5. The number of hydrogen-bond donors (Lipinski definition) is 3. The highest BCUT2D eigenvalue weighted by atomic mass is 16.4. The topological polar surface area (TPSA) is 122 Å². The monoisotopic (exact) mass is 323 g/mol. The fourth-order valence-corrected chi connectivity index (χ4v) is 2.98. The van der Waals surface area contributed by atoms with Gasteiger partial charge >= 0.3 is 5.97 Å². The Labute approximate surface area is 133 Å². The van der Waals surface area contributed by atoms with E-state index in [2.05, 4.69) is 10.3 Å². The average molecular weight is 323 g/mol. The standard InChI is InChI=1S/C15H21N3O5/c1-2-10-17-14(22)12(13(21)16-8-11(19)20)15(23)18(10)9-6-4-3-5-7-9/h9,23H,2-8H2,1H3,(H,16,21)(H,19,20). The average Bonchev–Trinajstić information content (AvgIpc) is 2.53. The van der Waals surface area contributed by atoms with Gasteiger partial charge < -0.3 is 15.5 Å². The molecule has 0 aromatic carbocycles. The van der Waals surface area contributed by atoms with Crippen molar-refractivity contribution < 1.29 is 19.8 Å². The van der Waals surface area contributed by atoms with Crippen molar-refractivity contribution in [3.63, 3.8) is 0 Å². The van der Waals surface area contributed by atoms with E-state index in [0.29, 0.717) is 12.2 Å². The summed E-state index contributed by atoms with van der Waals surface area (Å²) < 4.78 is 1.57. The Morgan fingerprint density at radius 1 is 1.30 bits per heavy atom. The molecule has 0 spiro atoms. The molecule has 0 atom stereocenters. The first-order valence-corrected chi connectivity index (χ1v) is 7.80. The molecule has 8 nitrogen and oxygen atoms in total. The molecule has 3 N–H and O–H groups in total. The van der Waals surface area contributed by atoms with Gasteiger partial charge in [0.1, 0.15) is 12.4 Å². The molecule has 0 bridgehead atoms. The van der Waals surface area contributed by atoms with E-state index in [1.165, 1.54) is 0 Å². The summed E-state index contributed by atoms with van der Waals surface area (Å²) in [5.41, 5.74) is -1.33. The Morgan fingerprint density at radius 3 is 2.52 bits per heavy atom. The molecule has 0 unspecified atom stereocenters. The second-order valence-corrected chi connectivity index (χ2v) is 5.62. The van der Waals surface area contributed by atoms with Crippen LogP contribution < -0.4 is 10.9 Å². The van der Waals surface area contributed by atoms with Crippen molar-refractivity contribution in [3.05, 3.63) is 21.7 Å². The molecule has 1 aromatic heterocycles. The SMILES string of the molecule is CCc1nc(=O)c(C(=O)NCC(=O)O)c(O)n1C1CCCCC1. The maximum absolute atomic E-state index is 12.0. The molecule has 0 saturated heterocycles. The maximum atomic E-state index is 12.0. The smallest absolute Gasteiger partial charge is 0.322 e. The van der Waals surface area contributed by atoms with Crippen molar-refractivity contribution in [1.82, 2.24) is 14.9 Å². The quantitative estimate of drug-likeness (QED) is 0.738. The number of carboxylic acids is 1. The van der Waals surface area contributed by atoms with Crippen LogP contribution in [0.4, 0.5) is 0 Å². The van der Waals surface area contributed by atoms with Gasteiger partial charge in [0.25, 0.3) is 11.5 Å². The van der Waals surface area contributed by atoms with E-state index in [-0.39, 0.29) is 6.04 Å². The van der Waals surface area contributed by atoms with Crippen molar-refractivity contribution in [3.8, 4) is 5.88 Å². The molecular weight excluding hydrogens is 302 g/mol. The molecule has 1 fully saturated rings. The number of aromatic hydroxyl groups is 1. The highest BCUT2D eigenvalue weighted by molar-refractivity contribution is 5.97. The molecule has 0 radical (unpaired) electrons. The fraction of sp³-hybridized carbons (Fsp3) is 0.600. The van der Waals surface area contributed by atoms with Crippen LogP contribution in [0.3, 0.4) is 0 Å². The van der Waals surface area contributed by atoms with Crippen LogP contribution in [0.25, 0.3) is 0 Å². The predicted molar refractivity (Wildman–Crippen MR) is 81.6 cm³/mol. The highest BCUT2D eigenvalue weighted by Crippen LogP contribution is 2.32. The largest absolute Gasteiger partial charge is 0.494 e. The minimum atomic E-state index is -1.23. The number of carbonyl (C=O) groups is 2. The molecular formula is C15H21N3O5. The lowest BCUT2D eigenvalue weighted by Gasteiger charge is -2.28. The van der Waals surface area contributed by atoms with E-state index < -0.39 is 35.4 Å². The number of aryl methyl sites for hydroxylation is 1. The molecule has 23 heavy (non-hydrogen) atoms. The normalized spacial score (nSPS) is 15.3. The third-order valence-electron chi connectivity index (χ3n) is 4.06.